The number of carbonyl (C=O) groups excluding carboxylic acids is 2. The summed E-state index contributed by atoms with van der Waals surface area (Å²) in [4.78, 5) is 28.1. The molecule has 1 fully saturated rings. The van der Waals surface area contributed by atoms with Crippen molar-refractivity contribution >= 4 is 23.1 Å². The highest BCUT2D eigenvalue weighted by Crippen LogP contribution is 2.43. The Kier molecular flexibility index (Phi) is 7.23. The van der Waals surface area contributed by atoms with Crippen molar-refractivity contribution in [3.63, 3.8) is 0 Å². The Morgan fingerprint density at radius 1 is 0.923 bits per heavy atom. The monoisotopic (exact) mass is 523 g/mol. The van der Waals surface area contributed by atoms with E-state index in [1.807, 2.05) is 44.2 Å². The molecular formula is C32H29NO6. The zero-order valence-electron chi connectivity index (χ0n) is 22.0. The molecule has 1 unspecified atom stereocenters. The van der Waals surface area contributed by atoms with Crippen molar-refractivity contribution in [3.05, 3.63) is 119 Å². The molecule has 3 aromatic carbocycles. The summed E-state index contributed by atoms with van der Waals surface area (Å²) in [6, 6.07) is 24.4. The van der Waals surface area contributed by atoms with Crippen LogP contribution in [-0.2, 0) is 16.2 Å². The van der Waals surface area contributed by atoms with Gasteiger partial charge in [-0.25, -0.2) is 0 Å². The molecule has 1 aliphatic rings. The number of Topliss-reactive ketones (excluding diaryl/α,β-unsaturated/α-hetero) is 1. The van der Waals surface area contributed by atoms with Gasteiger partial charge in [0.15, 0.2) is 0 Å². The first kappa shape index (κ1) is 25.9. The molecule has 4 aromatic rings. The van der Waals surface area contributed by atoms with Gasteiger partial charge in [0.05, 0.1) is 12.2 Å². The van der Waals surface area contributed by atoms with E-state index in [2.05, 4.69) is 0 Å². The van der Waals surface area contributed by atoms with Gasteiger partial charge in [0.25, 0.3) is 11.7 Å². The molecular weight excluding hydrogens is 494 g/mol. The molecule has 7 heteroatoms. The van der Waals surface area contributed by atoms with Crippen molar-refractivity contribution in [2.45, 2.75) is 33.4 Å². The van der Waals surface area contributed by atoms with Gasteiger partial charge in [-0.2, -0.15) is 0 Å². The van der Waals surface area contributed by atoms with Gasteiger partial charge in [0, 0.05) is 11.3 Å². The maximum Gasteiger partial charge on any atom is 0.300 e. The van der Waals surface area contributed by atoms with Crippen molar-refractivity contribution < 1.29 is 28.6 Å². The molecule has 1 amide bonds. The van der Waals surface area contributed by atoms with Crippen LogP contribution in [0.5, 0.6) is 11.5 Å². The lowest BCUT2D eigenvalue weighted by atomic mass is 9.98. The van der Waals surface area contributed by atoms with Crippen LogP contribution in [0.15, 0.2) is 94.9 Å². The fraction of sp³-hybridized carbons (Fsp3) is 0.188. The Labute approximate surface area is 226 Å². The zero-order valence-corrected chi connectivity index (χ0v) is 22.0. The Hall–Kier alpha value is -4.78. The predicted octanol–water partition coefficient (Wildman–Crippen LogP) is 6.50. The lowest BCUT2D eigenvalue weighted by molar-refractivity contribution is -0.132. The van der Waals surface area contributed by atoms with Gasteiger partial charge in [-0.1, -0.05) is 30.3 Å². The van der Waals surface area contributed by atoms with Gasteiger partial charge >= 0.3 is 0 Å². The molecule has 5 rings (SSSR count). The number of carbonyl (C=O) groups is 2. The Balaban J connectivity index is 1.52. The minimum absolute atomic E-state index is 0.0411. The summed E-state index contributed by atoms with van der Waals surface area (Å²) in [6.07, 6.45) is 0. The number of ether oxygens (including phenoxy) is 2. The summed E-state index contributed by atoms with van der Waals surface area (Å²) in [5.74, 6) is 0.483. The maximum absolute atomic E-state index is 13.4. The number of nitrogens with zero attached hydrogens (tertiary/aromatic N) is 1. The van der Waals surface area contributed by atoms with Crippen molar-refractivity contribution in [2.24, 2.45) is 0 Å². The van der Waals surface area contributed by atoms with E-state index in [0.717, 1.165) is 11.1 Å². The molecule has 39 heavy (non-hydrogen) atoms. The van der Waals surface area contributed by atoms with Crippen LogP contribution in [0, 0.1) is 13.8 Å². The highest BCUT2D eigenvalue weighted by molar-refractivity contribution is 6.51. The summed E-state index contributed by atoms with van der Waals surface area (Å²) in [5, 5.41) is 11.4. The smallest absolute Gasteiger partial charge is 0.300 e. The normalized spacial score (nSPS) is 16.5. The Morgan fingerprint density at radius 2 is 1.67 bits per heavy atom. The number of aliphatic hydroxyl groups is 1. The van der Waals surface area contributed by atoms with E-state index in [-0.39, 0.29) is 11.3 Å². The molecule has 1 atom stereocenters. The Morgan fingerprint density at radius 3 is 2.31 bits per heavy atom. The van der Waals surface area contributed by atoms with Crippen LogP contribution in [0.2, 0.25) is 0 Å². The van der Waals surface area contributed by atoms with Gasteiger partial charge in [-0.3, -0.25) is 14.5 Å². The van der Waals surface area contributed by atoms with Crippen LogP contribution >= 0.6 is 0 Å². The SMILES string of the molecule is CCOc1ccc(N2C(=O)C(=O)/C(=C(\O)c3ccc(OCc4ccccc4)c(C)c3)C2c2ccc(C)o2)cc1. The van der Waals surface area contributed by atoms with Crippen molar-refractivity contribution in [1.82, 2.24) is 0 Å². The molecule has 1 N–H and O–H groups in total. The average molecular weight is 524 g/mol. The number of ketones is 1. The second-order valence-corrected chi connectivity index (χ2v) is 9.30. The van der Waals surface area contributed by atoms with E-state index in [1.54, 1.807) is 61.5 Å². The van der Waals surface area contributed by atoms with E-state index in [9.17, 15) is 14.7 Å². The first-order valence-corrected chi connectivity index (χ1v) is 12.7. The highest BCUT2D eigenvalue weighted by atomic mass is 16.5. The minimum atomic E-state index is -0.939. The van der Waals surface area contributed by atoms with Crippen LogP contribution < -0.4 is 14.4 Å². The number of hydrogen-bond acceptors (Lipinski definition) is 6. The molecule has 0 radical (unpaired) electrons. The summed E-state index contributed by atoms with van der Waals surface area (Å²) in [7, 11) is 0. The third kappa shape index (κ3) is 5.16. The number of amides is 1. The quantitative estimate of drug-likeness (QED) is 0.161. The molecule has 2 heterocycles. The second kappa shape index (κ2) is 10.9. The number of rotatable bonds is 8. The van der Waals surface area contributed by atoms with Crippen LogP contribution in [0.25, 0.3) is 5.76 Å². The second-order valence-electron chi connectivity index (χ2n) is 9.30. The van der Waals surface area contributed by atoms with Gasteiger partial charge in [0.2, 0.25) is 0 Å². The fourth-order valence-electron chi connectivity index (χ4n) is 4.69. The van der Waals surface area contributed by atoms with Crippen LogP contribution in [-0.4, -0.2) is 23.4 Å². The first-order valence-electron chi connectivity index (χ1n) is 12.7. The molecule has 0 saturated carbocycles. The molecule has 0 aliphatic carbocycles. The summed E-state index contributed by atoms with van der Waals surface area (Å²) in [5.41, 5.74) is 2.66. The van der Waals surface area contributed by atoms with E-state index >= 15 is 0 Å². The standard InChI is InChI=1S/C32H29NO6/c1-4-37-25-14-12-24(13-15-25)33-29(27-16-10-21(3)39-27)28(31(35)32(33)36)30(34)23-11-17-26(20(2)18-23)38-19-22-8-6-5-7-9-22/h5-18,29,34H,4,19H2,1-3H3/b30-28-. The number of furan rings is 1. The van der Waals surface area contributed by atoms with E-state index in [4.69, 9.17) is 13.9 Å². The minimum Gasteiger partial charge on any atom is -0.507 e. The van der Waals surface area contributed by atoms with Crippen LogP contribution in [0.4, 0.5) is 5.69 Å². The number of benzene rings is 3. The van der Waals surface area contributed by atoms with Crippen molar-refractivity contribution in [3.8, 4) is 11.5 Å². The molecule has 1 aromatic heterocycles. The Bertz CT molecular complexity index is 1530. The molecule has 1 aliphatic heterocycles. The van der Waals surface area contributed by atoms with Gasteiger partial charge in [-0.15, -0.1) is 0 Å². The van der Waals surface area contributed by atoms with Gasteiger partial charge in [-0.05, 0) is 86.5 Å². The van der Waals surface area contributed by atoms with Crippen LogP contribution in [0.3, 0.4) is 0 Å². The topological polar surface area (TPSA) is 89.2 Å². The lowest BCUT2D eigenvalue weighted by Gasteiger charge is -2.23. The van der Waals surface area contributed by atoms with E-state index in [0.29, 0.717) is 47.5 Å². The maximum atomic E-state index is 13.4. The summed E-state index contributed by atoms with van der Waals surface area (Å²) in [6.45, 7) is 6.44. The molecule has 198 valence electrons. The van der Waals surface area contributed by atoms with Gasteiger partial charge < -0.3 is 19.0 Å². The lowest BCUT2D eigenvalue weighted by Crippen LogP contribution is -2.29. The number of hydrogen-bond donors (Lipinski definition) is 1. The third-order valence-electron chi connectivity index (χ3n) is 6.59. The largest absolute Gasteiger partial charge is 0.507 e. The third-order valence-corrected chi connectivity index (χ3v) is 6.59. The zero-order chi connectivity index (χ0) is 27.5. The molecule has 1 saturated heterocycles. The highest BCUT2D eigenvalue weighted by Gasteiger charge is 2.48. The molecule has 0 spiro atoms. The van der Waals surface area contributed by atoms with E-state index in [1.165, 1.54) is 4.90 Å². The number of anilines is 1. The van der Waals surface area contributed by atoms with Gasteiger partial charge in [0.1, 0.15) is 41.4 Å². The van der Waals surface area contributed by atoms with E-state index < -0.39 is 17.7 Å². The predicted molar refractivity (Wildman–Crippen MR) is 148 cm³/mol. The average Bonchev–Trinajstić information content (AvgIpc) is 3.49. The van der Waals surface area contributed by atoms with Crippen LogP contribution in [0.1, 0.15) is 41.2 Å². The molecule has 7 nitrogen and oxygen atoms in total. The fourth-order valence-corrected chi connectivity index (χ4v) is 4.69. The van der Waals surface area contributed by atoms with Crippen molar-refractivity contribution in [1.29, 1.82) is 0 Å². The summed E-state index contributed by atoms with van der Waals surface area (Å²) < 4.78 is 17.4. The summed E-state index contributed by atoms with van der Waals surface area (Å²) >= 11 is 0. The first-order chi connectivity index (χ1) is 18.9. The number of aryl methyl sites for hydroxylation is 2. The molecule has 0 bridgehead atoms. The number of aliphatic hydroxyl groups excluding tert-OH is 1. The van der Waals surface area contributed by atoms with Crippen molar-refractivity contribution in [2.75, 3.05) is 11.5 Å².